The second-order valence-corrected chi connectivity index (χ2v) is 3.65. The van der Waals surface area contributed by atoms with Crippen molar-refractivity contribution in [3.05, 3.63) is 29.8 Å². The van der Waals surface area contributed by atoms with E-state index in [1.807, 2.05) is 31.2 Å². The van der Waals surface area contributed by atoms with E-state index in [-0.39, 0.29) is 12.6 Å². The summed E-state index contributed by atoms with van der Waals surface area (Å²) in [6.07, 6.45) is 0. The molecule has 0 aliphatic heterocycles. The maximum absolute atomic E-state index is 8.75. The third kappa shape index (κ3) is 4.61. The molecule has 4 nitrogen and oxygen atoms in total. The molecule has 1 rings (SSSR count). The fourth-order valence-corrected chi connectivity index (χ4v) is 1.34. The minimum absolute atomic E-state index is 0.0102. The molecular weight excluding hydrogens is 204 g/mol. The van der Waals surface area contributed by atoms with Crippen molar-refractivity contribution < 1.29 is 9.84 Å². The van der Waals surface area contributed by atoms with E-state index in [1.54, 1.807) is 0 Å². The van der Waals surface area contributed by atoms with Crippen molar-refractivity contribution in [3.63, 3.8) is 0 Å². The van der Waals surface area contributed by atoms with Crippen LogP contribution in [0.5, 0.6) is 5.75 Å². The molecule has 0 radical (unpaired) electrons. The van der Waals surface area contributed by atoms with Crippen LogP contribution in [0.15, 0.2) is 24.3 Å². The molecule has 1 aromatic rings. The van der Waals surface area contributed by atoms with Crippen LogP contribution in [-0.4, -0.2) is 30.9 Å². The lowest BCUT2D eigenvalue weighted by Crippen LogP contribution is -2.36. The topological polar surface area (TPSA) is 67.5 Å². The highest BCUT2D eigenvalue weighted by Gasteiger charge is 1.99. The van der Waals surface area contributed by atoms with Crippen LogP contribution in [0.1, 0.15) is 12.5 Å². The molecule has 90 valence electrons. The first-order valence-corrected chi connectivity index (χ1v) is 5.55. The Hall–Kier alpha value is -1.10. The van der Waals surface area contributed by atoms with Gasteiger partial charge in [0.15, 0.2) is 0 Å². The van der Waals surface area contributed by atoms with E-state index in [2.05, 4.69) is 5.32 Å². The van der Waals surface area contributed by atoms with Crippen molar-refractivity contribution in [3.8, 4) is 5.75 Å². The summed E-state index contributed by atoms with van der Waals surface area (Å²) in [6.45, 7) is 4.02. The summed E-state index contributed by atoms with van der Waals surface area (Å²) >= 11 is 0. The molecule has 0 aliphatic carbocycles. The molecule has 4 N–H and O–H groups in total. The van der Waals surface area contributed by atoms with Crippen LogP contribution in [0.3, 0.4) is 0 Å². The molecular formula is C12H20N2O2. The molecule has 1 aromatic carbocycles. The highest BCUT2D eigenvalue weighted by Crippen LogP contribution is 2.11. The van der Waals surface area contributed by atoms with Crippen LogP contribution in [0.4, 0.5) is 0 Å². The Labute approximate surface area is 96.4 Å². The summed E-state index contributed by atoms with van der Waals surface area (Å²) in [7, 11) is 0. The zero-order chi connectivity index (χ0) is 11.8. The second-order valence-electron chi connectivity index (χ2n) is 3.65. The summed E-state index contributed by atoms with van der Waals surface area (Å²) in [5, 5.41) is 11.9. The Morgan fingerprint density at radius 3 is 2.62 bits per heavy atom. The van der Waals surface area contributed by atoms with Crippen molar-refractivity contribution >= 4 is 0 Å². The van der Waals surface area contributed by atoms with Crippen molar-refractivity contribution in [1.29, 1.82) is 0 Å². The van der Waals surface area contributed by atoms with Crippen LogP contribution in [0, 0.1) is 0 Å². The van der Waals surface area contributed by atoms with E-state index in [0.717, 1.165) is 12.3 Å². The summed E-state index contributed by atoms with van der Waals surface area (Å²) in [5.74, 6) is 0.887. The largest absolute Gasteiger partial charge is 0.494 e. The molecule has 1 unspecified atom stereocenters. The van der Waals surface area contributed by atoms with Gasteiger partial charge in [-0.1, -0.05) is 12.1 Å². The van der Waals surface area contributed by atoms with E-state index in [0.29, 0.717) is 13.2 Å². The Balaban J connectivity index is 2.31. The number of ether oxygens (including phenoxy) is 1. The van der Waals surface area contributed by atoms with Crippen LogP contribution >= 0.6 is 0 Å². The van der Waals surface area contributed by atoms with Crippen LogP contribution in [-0.2, 0) is 6.54 Å². The average molecular weight is 224 g/mol. The van der Waals surface area contributed by atoms with E-state index >= 15 is 0 Å². The second kappa shape index (κ2) is 7.22. The maximum atomic E-state index is 8.75. The summed E-state index contributed by atoms with van der Waals surface area (Å²) in [4.78, 5) is 0. The van der Waals surface area contributed by atoms with Crippen molar-refractivity contribution in [2.45, 2.75) is 19.5 Å². The Kier molecular flexibility index (Phi) is 5.85. The molecule has 4 heteroatoms. The SMILES string of the molecule is CCOc1ccc(CNCC(N)CO)cc1. The first-order chi connectivity index (χ1) is 7.76. The Morgan fingerprint density at radius 2 is 2.06 bits per heavy atom. The van der Waals surface area contributed by atoms with Gasteiger partial charge >= 0.3 is 0 Å². The molecule has 16 heavy (non-hydrogen) atoms. The van der Waals surface area contributed by atoms with E-state index in [4.69, 9.17) is 15.6 Å². The smallest absolute Gasteiger partial charge is 0.119 e. The third-order valence-corrected chi connectivity index (χ3v) is 2.20. The molecule has 1 atom stereocenters. The molecule has 0 saturated carbocycles. The van der Waals surface area contributed by atoms with Crippen LogP contribution in [0.2, 0.25) is 0 Å². The van der Waals surface area contributed by atoms with Gasteiger partial charge in [-0.15, -0.1) is 0 Å². The lowest BCUT2D eigenvalue weighted by molar-refractivity contribution is 0.262. The first-order valence-electron chi connectivity index (χ1n) is 5.55. The number of hydrogen-bond donors (Lipinski definition) is 3. The lowest BCUT2D eigenvalue weighted by Gasteiger charge is -2.10. The molecule has 0 aliphatic rings. The maximum Gasteiger partial charge on any atom is 0.119 e. The van der Waals surface area contributed by atoms with Gasteiger partial charge in [-0.25, -0.2) is 0 Å². The zero-order valence-electron chi connectivity index (χ0n) is 9.65. The predicted octanol–water partition coefficient (Wildman–Crippen LogP) is 0.494. The lowest BCUT2D eigenvalue weighted by atomic mass is 10.2. The van der Waals surface area contributed by atoms with Gasteiger partial charge in [-0.2, -0.15) is 0 Å². The van der Waals surface area contributed by atoms with Gasteiger partial charge in [0.1, 0.15) is 5.75 Å². The number of nitrogens with two attached hydrogens (primary N) is 1. The van der Waals surface area contributed by atoms with Gasteiger partial charge in [0.25, 0.3) is 0 Å². The van der Waals surface area contributed by atoms with Gasteiger partial charge in [0.05, 0.1) is 13.2 Å². The van der Waals surface area contributed by atoms with Crippen LogP contribution < -0.4 is 15.8 Å². The molecule has 0 amide bonds. The number of aliphatic hydroxyl groups is 1. The van der Waals surface area contributed by atoms with Gasteiger partial charge < -0.3 is 20.9 Å². The van der Waals surface area contributed by atoms with Gasteiger partial charge in [-0.3, -0.25) is 0 Å². The molecule has 0 heterocycles. The molecule has 0 fully saturated rings. The standard InChI is InChI=1S/C12H20N2O2/c1-2-16-12-5-3-10(4-6-12)7-14-8-11(13)9-15/h3-6,11,14-15H,2,7-9,13H2,1H3. The summed E-state index contributed by atoms with van der Waals surface area (Å²) < 4.78 is 5.35. The molecule has 0 saturated heterocycles. The number of rotatable bonds is 7. The van der Waals surface area contributed by atoms with Gasteiger partial charge in [0.2, 0.25) is 0 Å². The monoisotopic (exact) mass is 224 g/mol. The van der Waals surface area contributed by atoms with Gasteiger partial charge in [0, 0.05) is 19.1 Å². The summed E-state index contributed by atoms with van der Waals surface area (Å²) in [5.41, 5.74) is 6.74. The highest BCUT2D eigenvalue weighted by molar-refractivity contribution is 5.27. The van der Waals surface area contributed by atoms with Crippen molar-refractivity contribution in [2.75, 3.05) is 19.8 Å². The number of aliphatic hydroxyl groups excluding tert-OH is 1. The molecule has 0 aromatic heterocycles. The Bertz CT molecular complexity index is 288. The number of nitrogens with one attached hydrogen (secondary N) is 1. The first kappa shape index (κ1) is 13.0. The third-order valence-electron chi connectivity index (χ3n) is 2.20. The van der Waals surface area contributed by atoms with E-state index in [1.165, 1.54) is 5.56 Å². The van der Waals surface area contributed by atoms with Crippen molar-refractivity contribution in [2.24, 2.45) is 5.73 Å². The predicted molar refractivity (Wildman–Crippen MR) is 64.4 cm³/mol. The normalized spacial score (nSPS) is 12.4. The Morgan fingerprint density at radius 1 is 1.38 bits per heavy atom. The van der Waals surface area contributed by atoms with E-state index in [9.17, 15) is 0 Å². The highest BCUT2D eigenvalue weighted by atomic mass is 16.5. The molecule has 0 bridgehead atoms. The van der Waals surface area contributed by atoms with E-state index < -0.39 is 0 Å². The quantitative estimate of drug-likeness (QED) is 0.631. The average Bonchev–Trinajstić information content (AvgIpc) is 2.31. The fourth-order valence-electron chi connectivity index (χ4n) is 1.34. The van der Waals surface area contributed by atoms with Crippen molar-refractivity contribution in [1.82, 2.24) is 5.32 Å². The minimum Gasteiger partial charge on any atom is -0.494 e. The van der Waals surface area contributed by atoms with Crippen LogP contribution in [0.25, 0.3) is 0 Å². The van der Waals surface area contributed by atoms with Gasteiger partial charge in [-0.05, 0) is 24.6 Å². The zero-order valence-corrected chi connectivity index (χ0v) is 9.65. The summed E-state index contributed by atoms with van der Waals surface area (Å²) in [6, 6.07) is 7.74. The number of hydrogen-bond acceptors (Lipinski definition) is 4. The molecule has 0 spiro atoms. The fraction of sp³-hybridized carbons (Fsp3) is 0.500. The minimum atomic E-state index is -0.192. The number of benzene rings is 1.